The normalized spacial score (nSPS) is 13.4. The number of pyridine rings is 1. The summed E-state index contributed by atoms with van der Waals surface area (Å²) in [6, 6.07) is 9.95. The number of nitrogens with one attached hydrogen (secondary N) is 1. The first-order valence-corrected chi connectivity index (χ1v) is 12.4. The summed E-state index contributed by atoms with van der Waals surface area (Å²) in [6.45, 7) is 3.88. The lowest BCUT2D eigenvalue weighted by atomic mass is 10.0. The van der Waals surface area contributed by atoms with E-state index in [1.54, 1.807) is 12.4 Å². The second-order valence-corrected chi connectivity index (χ2v) is 8.31. The van der Waals surface area contributed by atoms with E-state index >= 15 is 0 Å². The minimum absolute atomic E-state index is 0.350. The highest BCUT2D eigenvalue weighted by Gasteiger charge is 2.08. The van der Waals surface area contributed by atoms with E-state index in [1.807, 2.05) is 44.2 Å². The lowest BCUT2D eigenvalue weighted by Crippen LogP contribution is -2.03. The Bertz CT molecular complexity index is 1220. The maximum Gasteiger partial charge on any atom is 0.229 e. The van der Waals surface area contributed by atoms with Crippen LogP contribution in [0.3, 0.4) is 0 Å². The Morgan fingerprint density at radius 1 is 1.06 bits per heavy atom. The van der Waals surface area contributed by atoms with E-state index in [4.69, 9.17) is 5.73 Å². The van der Waals surface area contributed by atoms with Crippen LogP contribution in [0.1, 0.15) is 75.6 Å². The van der Waals surface area contributed by atoms with Gasteiger partial charge in [-0.2, -0.15) is 4.98 Å². The van der Waals surface area contributed by atoms with Crippen LogP contribution in [-0.2, 0) is 0 Å². The Morgan fingerprint density at radius 3 is 2.33 bits per heavy atom. The molecule has 186 valence electrons. The number of aliphatic imine (C=N–C) groups is 1. The maximum atomic E-state index is 13.2. The van der Waals surface area contributed by atoms with E-state index in [-0.39, 0.29) is 5.82 Å². The largest absolute Gasteiger partial charge is 0.383 e. The molecule has 0 atom stereocenters. The second-order valence-electron chi connectivity index (χ2n) is 8.31. The number of halogens is 1. The van der Waals surface area contributed by atoms with Crippen LogP contribution in [0, 0.1) is 17.7 Å². The molecule has 0 unspecified atom stereocenters. The Morgan fingerprint density at radius 2 is 1.75 bits per heavy atom. The molecule has 3 N–H and O–H groups in total. The number of rotatable bonds is 5. The molecule has 1 fully saturated rings. The number of nitrogens with two attached hydrogens (primary N) is 1. The number of aromatic nitrogens is 3. The van der Waals surface area contributed by atoms with Crippen molar-refractivity contribution in [3.8, 4) is 11.8 Å². The molecule has 4 rings (SSSR count). The van der Waals surface area contributed by atoms with Gasteiger partial charge in [0.15, 0.2) is 0 Å². The van der Waals surface area contributed by atoms with Gasteiger partial charge >= 0.3 is 0 Å². The molecule has 2 heterocycles. The van der Waals surface area contributed by atoms with Gasteiger partial charge in [-0.1, -0.05) is 57.4 Å². The molecule has 6 nitrogen and oxygen atoms in total. The minimum atomic E-state index is -0.363. The fraction of sp³-hybridized carbons (Fsp3) is 0.310. The van der Waals surface area contributed by atoms with E-state index < -0.39 is 0 Å². The molecule has 0 aliphatic heterocycles. The van der Waals surface area contributed by atoms with Gasteiger partial charge in [-0.15, -0.1) is 0 Å². The van der Waals surface area contributed by atoms with Crippen LogP contribution < -0.4 is 11.1 Å². The smallest absolute Gasteiger partial charge is 0.229 e. The Kier molecular flexibility index (Phi) is 10.6. The number of allylic oxidation sites excluding steroid dienone is 1. The van der Waals surface area contributed by atoms with Crippen molar-refractivity contribution >= 4 is 29.4 Å². The van der Waals surface area contributed by atoms with Crippen LogP contribution in [0.25, 0.3) is 5.70 Å². The standard InChI is InChI=1S/C23H21FN6.C6H12/c1-3-5-21(26-4-2)20-15-28-23(30-22(20)25)29-18-9-6-16(7-10-18)8-11-19-14-17(24)12-13-27-19;1-2-4-6-5-3-1/h4-7,9-10,12-15H,3H2,1-2H3,(H3,25,28,29,30);1-6H2/b21-5-,26-4?;. The van der Waals surface area contributed by atoms with Crippen molar-refractivity contribution in [1.29, 1.82) is 0 Å². The SMILES string of the molecule is C1CCCCC1.CC=N/C(=C\CC)c1cnc(Nc2ccc(C#Cc3cc(F)ccn3)cc2)nc1N. The fourth-order valence-electron chi connectivity index (χ4n) is 3.65. The lowest BCUT2D eigenvalue weighted by Gasteiger charge is -2.09. The topological polar surface area (TPSA) is 89.1 Å². The van der Waals surface area contributed by atoms with Crippen LogP contribution in [0.4, 0.5) is 21.8 Å². The number of anilines is 3. The van der Waals surface area contributed by atoms with Gasteiger partial charge in [0.2, 0.25) is 5.95 Å². The first-order valence-electron chi connectivity index (χ1n) is 12.4. The fourth-order valence-corrected chi connectivity index (χ4v) is 3.65. The van der Waals surface area contributed by atoms with Gasteiger partial charge in [0.1, 0.15) is 17.3 Å². The molecule has 0 amide bonds. The third kappa shape index (κ3) is 8.62. The van der Waals surface area contributed by atoms with Crippen LogP contribution >= 0.6 is 0 Å². The lowest BCUT2D eigenvalue weighted by molar-refractivity contribution is 0.504. The van der Waals surface area contributed by atoms with Crippen molar-refractivity contribution in [2.45, 2.75) is 58.8 Å². The predicted octanol–water partition coefficient (Wildman–Crippen LogP) is 6.92. The van der Waals surface area contributed by atoms with E-state index in [9.17, 15) is 4.39 Å². The molecule has 3 aromatic rings. The van der Waals surface area contributed by atoms with Gasteiger partial charge in [0, 0.05) is 35.9 Å². The van der Waals surface area contributed by atoms with Gasteiger partial charge in [-0.25, -0.2) is 14.4 Å². The van der Waals surface area contributed by atoms with Crippen LogP contribution in [0.5, 0.6) is 0 Å². The first-order chi connectivity index (χ1) is 17.6. The average molecular weight is 485 g/mol. The van der Waals surface area contributed by atoms with Crippen molar-refractivity contribution in [3.63, 3.8) is 0 Å². The van der Waals surface area contributed by atoms with Gasteiger partial charge in [0.25, 0.3) is 0 Å². The summed E-state index contributed by atoms with van der Waals surface area (Å²) in [4.78, 5) is 17.0. The molecular formula is C29H33FN6. The molecule has 0 bridgehead atoms. The van der Waals surface area contributed by atoms with Gasteiger partial charge in [-0.3, -0.25) is 4.99 Å². The highest BCUT2D eigenvalue weighted by molar-refractivity contribution is 5.77. The summed E-state index contributed by atoms with van der Waals surface area (Å²) in [5, 5.41) is 3.11. The van der Waals surface area contributed by atoms with Gasteiger partial charge in [0.05, 0.1) is 11.3 Å². The molecule has 36 heavy (non-hydrogen) atoms. The Balaban J connectivity index is 0.000000526. The molecule has 0 radical (unpaired) electrons. The van der Waals surface area contributed by atoms with Crippen LogP contribution in [0.15, 0.2) is 59.9 Å². The zero-order valence-corrected chi connectivity index (χ0v) is 21.0. The maximum absolute atomic E-state index is 13.2. The summed E-state index contributed by atoms with van der Waals surface area (Å²) in [5.74, 6) is 6.16. The number of hydrogen-bond acceptors (Lipinski definition) is 6. The number of nitrogen functional groups attached to an aromatic ring is 1. The van der Waals surface area contributed by atoms with Crippen molar-refractivity contribution < 1.29 is 4.39 Å². The molecule has 0 saturated heterocycles. The highest BCUT2D eigenvalue weighted by atomic mass is 19.1. The van der Waals surface area contributed by atoms with Gasteiger partial charge in [-0.05, 0) is 49.6 Å². The quantitative estimate of drug-likeness (QED) is 0.303. The van der Waals surface area contributed by atoms with E-state index in [0.717, 1.165) is 23.4 Å². The number of nitrogens with zero attached hydrogens (tertiary/aromatic N) is 4. The predicted molar refractivity (Wildman–Crippen MR) is 146 cm³/mol. The molecular weight excluding hydrogens is 451 g/mol. The van der Waals surface area contributed by atoms with E-state index in [0.29, 0.717) is 23.0 Å². The van der Waals surface area contributed by atoms with Gasteiger partial charge < -0.3 is 11.1 Å². The van der Waals surface area contributed by atoms with Crippen LogP contribution in [-0.4, -0.2) is 21.2 Å². The molecule has 1 aliphatic rings. The average Bonchev–Trinajstić information content (AvgIpc) is 2.90. The molecule has 0 spiro atoms. The molecule has 7 heteroatoms. The Labute approximate surface area is 213 Å². The van der Waals surface area contributed by atoms with E-state index in [2.05, 4.69) is 37.1 Å². The van der Waals surface area contributed by atoms with Crippen molar-refractivity contribution in [2.24, 2.45) is 4.99 Å². The summed E-state index contributed by atoms with van der Waals surface area (Å²) in [6.07, 6.45) is 16.6. The summed E-state index contributed by atoms with van der Waals surface area (Å²) < 4.78 is 13.2. The zero-order valence-electron chi connectivity index (χ0n) is 21.0. The molecule has 1 saturated carbocycles. The first kappa shape index (κ1) is 26.6. The van der Waals surface area contributed by atoms with Crippen molar-refractivity contribution in [1.82, 2.24) is 15.0 Å². The summed E-state index contributed by atoms with van der Waals surface area (Å²) >= 11 is 0. The summed E-state index contributed by atoms with van der Waals surface area (Å²) in [7, 11) is 0. The van der Waals surface area contributed by atoms with Crippen molar-refractivity contribution in [3.05, 3.63) is 77.5 Å². The molecule has 1 aromatic carbocycles. The second kappa shape index (κ2) is 14.4. The molecule has 2 aromatic heterocycles. The van der Waals surface area contributed by atoms with E-state index in [1.165, 1.54) is 56.9 Å². The zero-order chi connectivity index (χ0) is 25.6. The Hall–Kier alpha value is -4.05. The monoisotopic (exact) mass is 484 g/mol. The molecule has 1 aliphatic carbocycles. The number of benzene rings is 1. The van der Waals surface area contributed by atoms with Crippen LogP contribution in [0.2, 0.25) is 0 Å². The highest BCUT2D eigenvalue weighted by Crippen LogP contribution is 2.23. The number of hydrogen-bond donors (Lipinski definition) is 2. The third-order valence-corrected chi connectivity index (χ3v) is 5.46. The minimum Gasteiger partial charge on any atom is -0.383 e. The third-order valence-electron chi connectivity index (χ3n) is 5.46. The van der Waals surface area contributed by atoms with Crippen molar-refractivity contribution in [2.75, 3.05) is 11.1 Å². The summed E-state index contributed by atoms with van der Waals surface area (Å²) in [5.41, 5.74) is 9.49.